The summed E-state index contributed by atoms with van der Waals surface area (Å²) in [6.07, 6.45) is 0. The van der Waals surface area contributed by atoms with Gasteiger partial charge in [0, 0.05) is 45.3 Å². The summed E-state index contributed by atoms with van der Waals surface area (Å²) in [6, 6.07) is 12.5. The van der Waals surface area contributed by atoms with Crippen LogP contribution in [0.5, 0.6) is 0 Å². The number of nitrogens with zero attached hydrogens (tertiary/aromatic N) is 2. The Hall–Kier alpha value is -2.90. The Morgan fingerprint density at radius 1 is 1.16 bits per heavy atom. The van der Waals surface area contributed by atoms with Crippen LogP contribution >= 0.6 is 15.9 Å². The van der Waals surface area contributed by atoms with Crippen molar-refractivity contribution in [1.29, 1.82) is 0 Å². The van der Waals surface area contributed by atoms with Gasteiger partial charge in [0.1, 0.15) is 5.76 Å². The molecule has 0 saturated carbocycles. The second-order valence-corrected chi connectivity index (χ2v) is 9.32. The van der Waals surface area contributed by atoms with Crippen molar-refractivity contribution in [2.75, 3.05) is 27.2 Å². The van der Waals surface area contributed by atoms with Gasteiger partial charge in [-0.3, -0.25) is 9.59 Å². The van der Waals surface area contributed by atoms with Crippen molar-refractivity contribution in [3.05, 3.63) is 74.9 Å². The van der Waals surface area contributed by atoms with Crippen LogP contribution in [0, 0.1) is 13.8 Å². The largest absolute Gasteiger partial charge is 0.507 e. The topological polar surface area (TPSA) is 76.6 Å². The summed E-state index contributed by atoms with van der Waals surface area (Å²) in [5, 5.41) is 12.2. The first-order valence-electron chi connectivity index (χ1n) is 10.5. The molecule has 0 aliphatic carbocycles. The zero-order valence-corrected chi connectivity index (χ0v) is 20.2. The predicted octanol–water partition coefficient (Wildman–Crippen LogP) is 4.53. The molecule has 1 aromatic heterocycles. The van der Waals surface area contributed by atoms with Gasteiger partial charge in [-0.15, -0.1) is 0 Å². The third kappa shape index (κ3) is 3.76. The van der Waals surface area contributed by atoms with Crippen LogP contribution in [0.3, 0.4) is 0 Å². The number of likely N-dealkylation sites (N-methyl/N-ethyl adjacent to an activating group) is 1. The number of halogens is 1. The van der Waals surface area contributed by atoms with E-state index in [2.05, 4.69) is 20.9 Å². The van der Waals surface area contributed by atoms with E-state index in [0.29, 0.717) is 18.7 Å². The average Bonchev–Trinajstić information content (AvgIpc) is 3.20. The van der Waals surface area contributed by atoms with Crippen molar-refractivity contribution in [1.82, 2.24) is 14.8 Å². The number of H-pyrrole nitrogens is 1. The van der Waals surface area contributed by atoms with Crippen LogP contribution in [0.25, 0.3) is 16.7 Å². The van der Waals surface area contributed by atoms with E-state index >= 15 is 0 Å². The highest BCUT2D eigenvalue weighted by molar-refractivity contribution is 9.10. The number of carbonyl (C=O) groups excluding carboxylic acids is 2. The number of aliphatic hydroxyl groups excluding tert-OH is 1. The van der Waals surface area contributed by atoms with E-state index in [1.807, 2.05) is 69.2 Å². The number of carbonyl (C=O) groups is 2. The van der Waals surface area contributed by atoms with E-state index in [1.54, 1.807) is 11.0 Å². The van der Waals surface area contributed by atoms with Crippen molar-refractivity contribution < 1.29 is 14.7 Å². The van der Waals surface area contributed by atoms with E-state index in [1.165, 1.54) is 0 Å². The molecule has 2 heterocycles. The lowest BCUT2D eigenvalue weighted by Gasteiger charge is -2.27. The summed E-state index contributed by atoms with van der Waals surface area (Å²) in [6.45, 7) is 4.82. The van der Waals surface area contributed by atoms with Crippen LogP contribution in [0.1, 0.15) is 28.4 Å². The number of aliphatic hydroxyl groups is 1. The van der Waals surface area contributed by atoms with Gasteiger partial charge >= 0.3 is 0 Å². The number of amides is 1. The van der Waals surface area contributed by atoms with Crippen molar-refractivity contribution in [2.45, 2.75) is 19.9 Å². The quantitative estimate of drug-likeness (QED) is 0.309. The third-order valence-corrected chi connectivity index (χ3v) is 6.87. The monoisotopic (exact) mass is 495 g/mol. The van der Waals surface area contributed by atoms with Crippen molar-refractivity contribution >= 4 is 44.3 Å². The number of likely N-dealkylation sites (tertiary alicyclic amines) is 1. The highest BCUT2D eigenvalue weighted by Crippen LogP contribution is 2.43. The molecule has 166 valence electrons. The van der Waals surface area contributed by atoms with Crippen LogP contribution in [-0.2, 0) is 9.59 Å². The average molecular weight is 496 g/mol. The lowest BCUT2D eigenvalue weighted by Crippen LogP contribution is -2.35. The molecule has 4 rings (SSSR count). The molecule has 0 bridgehead atoms. The first kappa shape index (κ1) is 22.3. The standard InChI is InChI=1S/C25H26BrN3O3/c1-14-13-16(9-10-18(14)26)23(30)21-22(29(12-11-28(3)4)25(32)24(21)31)20-15(2)27-19-8-6-5-7-17(19)20/h5-10,13,22,27,30H,11-12H2,1-4H3/b23-21+. The molecule has 1 aliphatic heterocycles. The summed E-state index contributed by atoms with van der Waals surface area (Å²) < 4.78 is 0.907. The van der Waals surface area contributed by atoms with E-state index in [9.17, 15) is 14.7 Å². The molecule has 2 aromatic carbocycles. The molecule has 1 aliphatic rings. The van der Waals surface area contributed by atoms with Gasteiger partial charge in [-0.1, -0.05) is 40.2 Å². The number of fused-ring (bicyclic) bond motifs is 1. The minimum atomic E-state index is -0.671. The zero-order valence-electron chi connectivity index (χ0n) is 18.6. The number of aromatic amines is 1. The van der Waals surface area contributed by atoms with Crippen molar-refractivity contribution in [3.63, 3.8) is 0 Å². The maximum absolute atomic E-state index is 13.2. The summed E-state index contributed by atoms with van der Waals surface area (Å²) in [4.78, 5) is 33.3. The lowest BCUT2D eigenvalue weighted by atomic mass is 9.93. The van der Waals surface area contributed by atoms with Gasteiger partial charge in [0.15, 0.2) is 0 Å². The number of hydrogen-bond donors (Lipinski definition) is 2. The summed E-state index contributed by atoms with van der Waals surface area (Å²) in [5.74, 6) is -1.39. The number of aromatic nitrogens is 1. The number of benzene rings is 2. The zero-order chi connectivity index (χ0) is 23.2. The van der Waals surface area contributed by atoms with Gasteiger partial charge in [-0.2, -0.15) is 0 Å². The molecule has 0 spiro atoms. The number of Topliss-reactive ketones (excluding diaryl/α,β-unsaturated/α-hetero) is 1. The molecule has 2 N–H and O–H groups in total. The number of aryl methyl sites for hydroxylation is 2. The van der Waals surface area contributed by atoms with Crippen LogP contribution in [0.15, 0.2) is 52.5 Å². The van der Waals surface area contributed by atoms with Crippen LogP contribution < -0.4 is 0 Å². The lowest BCUT2D eigenvalue weighted by molar-refractivity contribution is -0.140. The number of rotatable bonds is 5. The summed E-state index contributed by atoms with van der Waals surface area (Å²) in [5.41, 5.74) is 4.20. The minimum Gasteiger partial charge on any atom is -0.507 e. The molecular weight excluding hydrogens is 470 g/mol. The number of hydrogen-bond acceptors (Lipinski definition) is 4. The van der Waals surface area contributed by atoms with Crippen molar-refractivity contribution in [3.8, 4) is 0 Å². The van der Waals surface area contributed by atoms with E-state index in [0.717, 1.165) is 32.2 Å². The van der Waals surface area contributed by atoms with Crippen LogP contribution in [0.4, 0.5) is 0 Å². The Labute approximate surface area is 195 Å². The fraction of sp³-hybridized carbons (Fsp3) is 0.280. The fourth-order valence-electron chi connectivity index (χ4n) is 4.32. The van der Waals surface area contributed by atoms with Gasteiger partial charge in [0.25, 0.3) is 11.7 Å². The van der Waals surface area contributed by atoms with Gasteiger partial charge < -0.3 is 19.9 Å². The van der Waals surface area contributed by atoms with Crippen LogP contribution in [-0.4, -0.2) is 58.8 Å². The van der Waals surface area contributed by atoms with Gasteiger partial charge in [0.2, 0.25) is 0 Å². The molecule has 1 saturated heterocycles. The Kier molecular flexibility index (Phi) is 5.97. The van der Waals surface area contributed by atoms with E-state index < -0.39 is 17.7 Å². The smallest absolute Gasteiger partial charge is 0.295 e. The predicted molar refractivity (Wildman–Crippen MR) is 129 cm³/mol. The second-order valence-electron chi connectivity index (χ2n) is 8.47. The molecule has 1 unspecified atom stereocenters. The molecule has 1 atom stereocenters. The Morgan fingerprint density at radius 3 is 2.56 bits per heavy atom. The normalized spacial score (nSPS) is 18.3. The van der Waals surface area contributed by atoms with Gasteiger partial charge in [-0.25, -0.2) is 0 Å². The highest BCUT2D eigenvalue weighted by Gasteiger charge is 2.47. The number of ketones is 1. The Balaban J connectivity index is 1.96. The van der Waals surface area contributed by atoms with E-state index in [-0.39, 0.29) is 11.3 Å². The Morgan fingerprint density at radius 2 is 1.88 bits per heavy atom. The van der Waals surface area contributed by atoms with Gasteiger partial charge in [-0.05, 0) is 51.7 Å². The highest BCUT2D eigenvalue weighted by atomic mass is 79.9. The fourth-order valence-corrected chi connectivity index (χ4v) is 4.56. The summed E-state index contributed by atoms with van der Waals surface area (Å²) >= 11 is 3.47. The molecule has 6 nitrogen and oxygen atoms in total. The Bertz CT molecular complexity index is 1260. The third-order valence-electron chi connectivity index (χ3n) is 5.98. The molecule has 3 aromatic rings. The molecule has 1 amide bonds. The maximum atomic E-state index is 13.2. The molecular formula is C25H26BrN3O3. The van der Waals surface area contributed by atoms with Crippen molar-refractivity contribution in [2.24, 2.45) is 0 Å². The maximum Gasteiger partial charge on any atom is 0.295 e. The first-order valence-corrected chi connectivity index (χ1v) is 11.3. The summed E-state index contributed by atoms with van der Waals surface area (Å²) in [7, 11) is 3.85. The minimum absolute atomic E-state index is 0.128. The number of para-hydroxylation sites is 1. The van der Waals surface area contributed by atoms with E-state index in [4.69, 9.17) is 0 Å². The number of nitrogens with one attached hydrogen (secondary N) is 1. The van der Waals surface area contributed by atoms with Crippen LogP contribution in [0.2, 0.25) is 0 Å². The van der Waals surface area contributed by atoms with Gasteiger partial charge in [0.05, 0.1) is 11.6 Å². The first-order chi connectivity index (χ1) is 15.2. The molecule has 7 heteroatoms. The molecule has 0 radical (unpaired) electrons. The molecule has 1 fully saturated rings. The SMILES string of the molecule is Cc1cc(/C(O)=C2\C(=O)C(=O)N(CCN(C)C)C2c2c(C)[nH]c3ccccc23)ccc1Br. The molecule has 32 heavy (non-hydrogen) atoms. The second kappa shape index (κ2) is 8.56.